The molecule has 1 amide bonds. The maximum Gasteiger partial charge on any atom is 0.408 e. The van der Waals surface area contributed by atoms with Gasteiger partial charge in [-0.25, -0.2) is 13.6 Å². The third-order valence-electron chi connectivity index (χ3n) is 2.80. The third-order valence-corrected chi connectivity index (χ3v) is 2.80. The number of amides is 1. The van der Waals surface area contributed by atoms with Crippen LogP contribution in [0, 0.1) is 11.6 Å². The summed E-state index contributed by atoms with van der Waals surface area (Å²) in [6.07, 6.45) is -1.66. The van der Waals surface area contributed by atoms with Crippen molar-refractivity contribution in [3.63, 3.8) is 0 Å². The average molecular weight is 343 g/mol. The van der Waals surface area contributed by atoms with Crippen LogP contribution in [0.25, 0.3) is 0 Å². The lowest BCUT2D eigenvalue weighted by atomic mass is 10.00. The van der Waals surface area contributed by atoms with Gasteiger partial charge in [0.05, 0.1) is 7.11 Å². The van der Waals surface area contributed by atoms with Crippen LogP contribution in [0.1, 0.15) is 38.8 Å². The molecule has 1 N–H and O–H groups in total. The van der Waals surface area contributed by atoms with Crippen LogP contribution in [0.5, 0.6) is 0 Å². The molecule has 0 heterocycles. The molecule has 0 bridgehead atoms. The van der Waals surface area contributed by atoms with Gasteiger partial charge in [0.15, 0.2) is 5.78 Å². The second kappa shape index (κ2) is 7.85. The number of carbonyl (C=O) groups is 3. The fraction of sp³-hybridized carbons (Fsp3) is 0.438. The molecule has 0 aromatic heterocycles. The zero-order valence-electron chi connectivity index (χ0n) is 13.8. The quantitative estimate of drug-likeness (QED) is 0.657. The van der Waals surface area contributed by atoms with Gasteiger partial charge in [0.25, 0.3) is 0 Å². The minimum Gasteiger partial charge on any atom is -0.469 e. The fourth-order valence-electron chi connectivity index (χ4n) is 1.81. The molecular formula is C16H19F2NO5. The SMILES string of the molecule is COC(=O)CC(=O)C(NC(=O)OC(C)(C)C)c1ccc(F)cc1F. The van der Waals surface area contributed by atoms with Crippen molar-refractivity contribution < 1.29 is 32.6 Å². The summed E-state index contributed by atoms with van der Waals surface area (Å²) in [5.41, 5.74) is -1.13. The van der Waals surface area contributed by atoms with Gasteiger partial charge in [-0.1, -0.05) is 6.07 Å². The maximum atomic E-state index is 14.0. The Hall–Kier alpha value is -2.51. The van der Waals surface area contributed by atoms with Crippen LogP contribution in [-0.4, -0.2) is 30.6 Å². The number of benzene rings is 1. The Balaban J connectivity index is 3.09. The summed E-state index contributed by atoms with van der Waals surface area (Å²) in [4.78, 5) is 35.4. The highest BCUT2D eigenvalue weighted by Gasteiger charge is 2.29. The number of methoxy groups -OCH3 is 1. The first kappa shape index (κ1) is 19.5. The number of ether oxygens (including phenoxy) is 2. The van der Waals surface area contributed by atoms with Gasteiger partial charge in [-0.3, -0.25) is 9.59 Å². The minimum atomic E-state index is -1.51. The monoisotopic (exact) mass is 343 g/mol. The van der Waals surface area contributed by atoms with Crippen LogP contribution in [0.15, 0.2) is 18.2 Å². The van der Waals surface area contributed by atoms with E-state index in [9.17, 15) is 23.2 Å². The van der Waals surface area contributed by atoms with Gasteiger partial charge >= 0.3 is 12.1 Å². The zero-order chi connectivity index (χ0) is 18.5. The van der Waals surface area contributed by atoms with Crippen LogP contribution in [0.3, 0.4) is 0 Å². The lowest BCUT2D eigenvalue weighted by Gasteiger charge is -2.23. The van der Waals surface area contributed by atoms with Crippen molar-refractivity contribution in [2.75, 3.05) is 7.11 Å². The van der Waals surface area contributed by atoms with Crippen molar-refractivity contribution >= 4 is 17.8 Å². The summed E-state index contributed by atoms with van der Waals surface area (Å²) in [7, 11) is 1.09. The number of halogens is 2. The minimum absolute atomic E-state index is 0.281. The topological polar surface area (TPSA) is 81.7 Å². The molecule has 1 rings (SSSR count). The number of esters is 1. The fourth-order valence-corrected chi connectivity index (χ4v) is 1.81. The number of carbonyl (C=O) groups excluding carboxylic acids is 3. The largest absolute Gasteiger partial charge is 0.469 e. The number of ketones is 1. The Bertz CT molecular complexity index is 640. The Morgan fingerprint density at radius 3 is 2.33 bits per heavy atom. The lowest BCUT2D eigenvalue weighted by molar-refractivity contribution is -0.143. The number of hydrogen-bond acceptors (Lipinski definition) is 5. The Labute approximate surface area is 138 Å². The molecule has 0 aliphatic heterocycles. The third kappa shape index (κ3) is 5.94. The van der Waals surface area contributed by atoms with E-state index in [1.54, 1.807) is 20.8 Å². The van der Waals surface area contributed by atoms with Crippen molar-refractivity contribution in [2.45, 2.75) is 38.8 Å². The molecule has 8 heteroatoms. The molecule has 1 atom stereocenters. The second-order valence-corrected chi connectivity index (χ2v) is 5.96. The Kier molecular flexibility index (Phi) is 6.39. The van der Waals surface area contributed by atoms with Crippen molar-refractivity contribution in [3.05, 3.63) is 35.4 Å². The second-order valence-electron chi connectivity index (χ2n) is 5.96. The van der Waals surface area contributed by atoms with E-state index in [0.29, 0.717) is 6.07 Å². The highest BCUT2D eigenvalue weighted by molar-refractivity contribution is 6.00. The van der Waals surface area contributed by atoms with Crippen LogP contribution in [0.2, 0.25) is 0 Å². The van der Waals surface area contributed by atoms with Gasteiger partial charge < -0.3 is 14.8 Å². The molecule has 132 valence electrons. The summed E-state index contributed by atoms with van der Waals surface area (Å²) in [6, 6.07) is 1.01. The first-order valence-corrected chi connectivity index (χ1v) is 7.07. The molecule has 0 spiro atoms. The Morgan fingerprint density at radius 1 is 1.21 bits per heavy atom. The predicted octanol–water partition coefficient (Wildman–Crippen LogP) is 2.66. The van der Waals surface area contributed by atoms with Gasteiger partial charge in [0.2, 0.25) is 0 Å². The number of alkyl carbamates (subject to hydrolysis) is 1. The van der Waals surface area contributed by atoms with Crippen molar-refractivity contribution in [2.24, 2.45) is 0 Å². The van der Waals surface area contributed by atoms with E-state index in [1.807, 2.05) is 0 Å². The molecule has 1 aromatic carbocycles. The summed E-state index contributed by atoms with van der Waals surface area (Å²) < 4.78 is 36.4. The predicted molar refractivity (Wildman–Crippen MR) is 80.1 cm³/mol. The van der Waals surface area contributed by atoms with E-state index in [1.165, 1.54) is 0 Å². The first-order valence-electron chi connectivity index (χ1n) is 7.07. The molecule has 0 saturated carbocycles. The smallest absolute Gasteiger partial charge is 0.408 e. The molecule has 0 saturated heterocycles. The standard InChI is InChI=1S/C16H19F2NO5/c1-16(2,3)24-15(22)19-14(12(20)8-13(21)23-4)10-6-5-9(17)7-11(10)18/h5-7,14H,8H2,1-4H3,(H,19,22). The van der Waals surface area contributed by atoms with Crippen molar-refractivity contribution in [3.8, 4) is 0 Å². The van der Waals surface area contributed by atoms with Gasteiger partial charge in [0, 0.05) is 11.6 Å². The normalized spacial score (nSPS) is 12.2. The van der Waals surface area contributed by atoms with Gasteiger partial charge in [-0.2, -0.15) is 0 Å². The molecule has 1 unspecified atom stereocenters. The number of nitrogens with one attached hydrogen (secondary N) is 1. The van der Waals surface area contributed by atoms with Crippen LogP contribution < -0.4 is 5.32 Å². The Morgan fingerprint density at radius 2 is 1.83 bits per heavy atom. The van der Waals surface area contributed by atoms with Crippen LogP contribution in [-0.2, 0) is 19.1 Å². The molecule has 6 nitrogen and oxygen atoms in total. The van der Waals surface area contributed by atoms with E-state index in [4.69, 9.17) is 4.74 Å². The van der Waals surface area contributed by atoms with Crippen LogP contribution >= 0.6 is 0 Å². The zero-order valence-corrected chi connectivity index (χ0v) is 13.8. The highest BCUT2D eigenvalue weighted by atomic mass is 19.1. The summed E-state index contributed by atoms with van der Waals surface area (Å²) in [5, 5.41) is 2.20. The number of hydrogen-bond donors (Lipinski definition) is 1. The molecule has 0 aliphatic rings. The highest BCUT2D eigenvalue weighted by Crippen LogP contribution is 2.21. The molecule has 0 radical (unpaired) electrons. The number of Topliss-reactive ketones (excluding diaryl/α,β-unsaturated/α-hetero) is 1. The molecule has 1 aromatic rings. The van der Waals surface area contributed by atoms with Crippen molar-refractivity contribution in [1.29, 1.82) is 0 Å². The first-order chi connectivity index (χ1) is 11.0. The van der Waals surface area contributed by atoms with Gasteiger partial charge in [0.1, 0.15) is 29.7 Å². The molecule has 24 heavy (non-hydrogen) atoms. The van der Waals surface area contributed by atoms with Gasteiger partial charge in [-0.05, 0) is 26.8 Å². The molecule has 0 aliphatic carbocycles. The molecular weight excluding hydrogens is 324 g/mol. The summed E-state index contributed by atoms with van der Waals surface area (Å²) in [6.45, 7) is 4.82. The van der Waals surface area contributed by atoms with Crippen LogP contribution in [0.4, 0.5) is 13.6 Å². The van der Waals surface area contributed by atoms with E-state index >= 15 is 0 Å². The van der Waals surface area contributed by atoms with Crippen molar-refractivity contribution in [1.82, 2.24) is 5.32 Å². The summed E-state index contributed by atoms with van der Waals surface area (Å²) >= 11 is 0. The average Bonchev–Trinajstić information content (AvgIpc) is 2.43. The van der Waals surface area contributed by atoms with E-state index in [2.05, 4.69) is 10.1 Å². The van der Waals surface area contributed by atoms with E-state index in [0.717, 1.165) is 19.2 Å². The number of rotatable bonds is 5. The van der Waals surface area contributed by atoms with E-state index < -0.39 is 47.5 Å². The lowest BCUT2D eigenvalue weighted by Crippen LogP contribution is -2.39. The maximum absolute atomic E-state index is 14.0. The van der Waals surface area contributed by atoms with Gasteiger partial charge in [-0.15, -0.1) is 0 Å². The molecule has 0 fully saturated rings. The summed E-state index contributed by atoms with van der Waals surface area (Å²) in [5.74, 6) is -3.54. The van der Waals surface area contributed by atoms with E-state index in [-0.39, 0.29) is 5.56 Å².